The highest BCUT2D eigenvalue weighted by atomic mass is 16.4. The molecule has 0 saturated heterocycles. The molecular weight excluding hydrogens is 254 g/mol. The number of hydrogen-bond donors (Lipinski definition) is 2. The molecule has 0 aromatic heterocycles. The Morgan fingerprint density at radius 3 is 2.70 bits per heavy atom. The lowest BCUT2D eigenvalue weighted by molar-refractivity contribution is -0.137. The number of rotatable bonds is 8. The van der Waals surface area contributed by atoms with Gasteiger partial charge in [0.25, 0.3) is 0 Å². The summed E-state index contributed by atoms with van der Waals surface area (Å²) in [7, 11) is 0. The van der Waals surface area contributed by atoms with Gasteiger partial charge in [0.1, 0.15) is 0 Å². The highest BCUT2D eigenvalue weighted by Gasteiger charge is 2.14. The second kappa shape index (κ2) is 8.35. The molecule has 110 valence electrons. The molecule has 1 amide bonds. The average molecular weight is 277 g/mol. The van der Waals surface area contributed by atoms with Crippen molar-refractivity contribution in [1.29, 1.82) is 0 Å². The first-order valence-electron chi connectivity index (χ1n) is 7.08. The van der Waals surface area contributed by atoms with Crippen molar-refractivity contribution >= 4 is 11.9 Å². The number of aliphatic carboxylic acids is 1. The van der Waals surface area contributed by atoms with Gasteiger partial charge in [0.05, 0.1) is 6.42 Å². The van der Waals surface area contributed by atoms with Crippen LogP contribution < -0.4 is 5.32 Å². The molecule has 4 nitrogen and oxygen atoms in total. The van der Waals surface area contributed by atoms with E-state index in [0.29, 0.717) is 19.3 Å². The maximum absolute atomic E-state index is 11.9. The van der Waals surface area contributed by atoms with Crippen LogP contribution >= 0.6 is 0 Å². The lowest BCUT2D eigenvalue weighted by atomic mass is 10.1. The number of carbonyl (C=O) groups excluding carboxylic acids is 1. The van der Waals surface area contributed by atoms with Crippen LogP contribution in [0.3, 0.4) is 0 Å². The van der Waals surface area contributed by atoms with Crippen LogP contribution in [-0.4, -0.2) is 23.0 Å². The molecular formula is C16H23NO3. The van der Waals surface area contributed by atoms with Crippen molar-refractivity contribution in [2.45, 2.75) is 52.0 Å². The van der Waals surface area contributed by atoms with Gasteiger partial charge in [0.2, 0.25) is 5.91 Å². The predicted octanol–water partition coefficient (Wildman–Crippen LogP) is 2.69. The van der Waals surface area contributed by atoms with Crippen molar-refractivity contribution in [3.8, 4) is 0 Å². The number of aryl methyl sites for hydroxylation is 2. The smallest absolute Gasteiger partial charge is 0.305 e. The third-order valence-electron chi connectivity index (χ3n) is 3.15. The Kier molecular flexibility index (Phi) is 6.77. The number of hydrogen-bond acceptors (Lipinski definition) is 2. The summed E-state index contributed by atoms with van der Waals surface area (Å²) in [6.07, 6.45) is 2.62. The molecule has 1 rings (SSSR count). The Balaban J connectivity index is 2.43. The summed E-state index contributed by atoms with van der Waals surface area (Å²) in [6.45, 7) is 4.00. The summed E-state index contributed by atoms with van der Waals surface area (Å²) >= 11 is 0. The third kappa shape index (κ3) is 6.36. The van der Waals surface area contributed by atoms with E-state index in [1.807, 2.05) is 32.0 Å². The molecule has 0 radical (unpaired) electrons. The second-order valence-electron chi connectivity index (χ2n) is 5.14. The summed E-state index contributed by atoms with van der Waals surface area (Å²) in [5.74, 6) is -0.950. The molecule has 0 fully saturated rings. The first-order valence-corrected chi connectivity index (χ1v) is 7.08. The average Bonchev–Trinajstić information content (AvgIpc) is 2.36. The first kappa shape index (κ1) is 16.2. The molecule has 1 atom stereocenters. The molecule has 0 heterocycles. The molecule has 0 aliphatic heterocycles. The van der Waals surface area contributed by atoms with E-state index < -0.39 is 5.97 Å². The van der Waals surface area contributed by atoms with E-state index in [1.165, 1.54) is 5.56 Å². The summed E-state index contributed by atoms with van der Waals surface area (Å²) in [5.41, 5.74) is 2.31. The fourth-order valence-corrected chi connectivity index (χ4v) is 2.21. The molecule has 1 aromatic carbocycles. The van der Waals surface area contributed by atoms with Crippen molar-refractivity contribution < 1.29 is 14.7 Å². The Morgan fingerprint density at radius 1 is 1.35 bits per heavy atom. The number of carbonyl (C=O) groups is 2. The van der Waals surface area contributed by atoms with E-state index in [4.69, 9.17) is 5.11 Å². The van der Waals surface area contributed by atoms with Crippen molar-refractivity contribution in [1.82, 2.24) is 5.32 Å². The molecule has 2 N–H and O–H groups in total. The minimum atomic E-state index is -0.873. The van der Waals surface area contributed by atoms with Gasteiger partial charge in [-0.15, -0.1) is 0 Å². The maximum atomic E-state index is 11.9. The van der Waals surface area contributed by atoms with E-state index in [0.717, 1.165) is 12.0 Å². The minimum absolute atomic E-state index is 0.00990. The number of carboxylic acid groups (broad SMARTS) is 1. The molecule has 0 spiro atoms. The van der Waals surface area contributed by atoms with E-state index in [9.17, 15) is 9.59 Å². The molecule has 4 heteroatoms. The van der Waals surface area contributed by atoms with Gasteiger partial charge in [-0.3, -0.25) is 9.59 Å². The Morgan fingerprint density at radius 2 is 2.10 bits per heavy atom. The zero-order chi connectivity index (χ0) is 15.0. The van der Waals surface area contributed by atoms with Crippen LogP contribution in [-0.2, 0) is 16.0 Å². The van der Waals surface area contributed by atoms with Crippen LogP contribution in [0.4, 0.5) is 0 Å². The number of carboxylic acids is 1. The number of amides is 1. The van der Waals surface area contributed by atoms with Crippen molar-refractivity contribution in [3.63, 3.8) is 0 Å². The zero-order valence-corrected chi connectivity index (χ0v) is 12.2. The molecule has 1 unspecified atom stereocenters. The summed E-state index contributed by atoms with van der Waals surface area (Å²) in [6, 6.07) is 7.80. The van der Waals surface area contributed by atoms with Gasteiger partial charge in [-0.25, -0.2) is 0 Å². The summed E-state index contributed by atoms with van der Waals surface area (Å²) < 4.78 is 0. The lowest BCUT2D eigenvalue weighted by Gasteiger charge is -2.16. The highest BCUT2D eigenvalue weighted by Crippen LogP contribution is 2.07. The van der Waals surface area contributed by atoms with Crippen molar-refractivity contribution in [2.75, 3.05) is 0 Å². The second-order valence-corrected chi connectivity index (χ2v) is 5.14. The van der Waals surface area contributed by atoms with E-state index in [2.05, 4.69) is 11.4 Å². The van der Waals surface area contributed by atoms with E-state index in [-0.39, 0.29) is 18.4 Å². The minimum Gasteiger partial charge on any atom is -0.481 e. The number of benzene rings is 1. The SMILES string of the molecule is CCCC(CC(=O)O)NC(=O)CCc1cccc(C)c1. The normalized spacial score (nSPS) is 11.9. The van der Waals surface area contributed by atoms with E-state index in [1.54, 1.807) is 0 Å². The molecule has 1 aromatic rings. The standard InChI is InChI=1S/C16H23NO3/c1-3-5-14(11-16(19)20)17-15(18)9-8-13-7-4-6-12(2)10-13/h4,6-7,10,14H,3,5,8-9,11H2,1-2H3,(H,17,18)(H,19,20). The van der Waals surface area contributed by atoms with Gasteiger partial charge in [-0.1, -0.05) is 43.2 Å². The molecule has 20 heavy (non-hydrogen) atoms. The molecule has 0 aliphatic rings. The van der Waals surface area contributed by atoms with Crippen molar-refractivity contribution in [2.24, 2.45) is 0 Å². The molecule has 0 aliphatic carbocycles. The highest BCUT2D eigenvalue weighted by molar-refractivity contribution is 5.77. The van der Waals surface area contributed by atoms with Crippen LogP contribution in [0.2, 0.25) is 0 Å². The maximum Gasteiger partial charge on any atom is 0.305 e. The summed E-state index contributed by atoms with van der Waals surface area (Å²) in [4.78, 5) is 22.6. The molecule has 0 saturated carbocycles. The topological polar surface area (TPSA) is 66.4 Å². The summed E-state index contributed by atoms with van der Waals surface area (Å²) in [5, 5.41) is 11.6. The largest absolute Gasteiger partial charge is 0.481 e. The van der Waals surface area contributed by atoms with Gasteiger partial charge in [-0.05, 0) is 25.3 Å². The van der Waals surface area contributed by atoms with Gasteiger partial charge in [-0.2, -0.15) is 0 Å². The van der Waals surface area contributed by atoms with Crippen LogP contribution in [0.5, 0.6) is 0 Å². The van der Waals surface area contributed by atoms with Crippen LogP contribution in [0.25, 0.3) is 0 Å². The van der Waals surface area contributed by atoms with Crippen LogP contribution in [0, 0.1) is 6.92 Å². The lowest BCUT2D eigenvalue weighted by Crippen LogP contribution is -2.36. The van der Waals surface area contributed by atoms with Gasteiger partial charge in [0.15, 0.2) is 0 Å². The zero-order valence-electron chi connectivity index (χ0n) is 12.2. The Hall–Kier alpha value is -1.84. The van der Waals surface area contributed by atoms with Crippen LogP contribution in [0.15, 0.2) is 24.3 Å². The number of nitrogens with one attached hydrogen (secondary N) is 1. The van der Waals surface area contributed by atoms with Crippen molar-refractivity contribution in [3.05, 3.63) is 35.4 Å². The Bertz CT molecular complexity index is 457. The van der Waals surface area contributed by atoms with Gasteiger partial charge >= 0.3 is 5.97 Å². The third-order valence-corrected chi connectivity index (χ3v) is 3.15. The van der Waals surface area contributed by atoms with Gasteiger partial charge < -0.3 is 10.4 Å². The van der Waals surface area contributed by atoms with Gasteiger partial charge in [0, 0.05) is 12.5 Å². The predicted molar refractivity (Wildman–Crippen MR) is 78.6 cm³/mol. The fourth-order valence-electron chi connectivity index (χ4n) is 2.21. The quantitative estimate of drug-likeness (QED) is 0.767. The monoisotopic (exact) mass is 277 g/mol. The van der Waals surface area contributed by atoms with E-state index >= 15 is 0 Å². The van der Waals surface area contributed by atoms with Crippen LogP contribution in [0.1, 0.15) is 43.7 Å². The molecule has 0 bridgehead atoms. The Labute approximate surface area is 120 Å². The fraction of sp³-hybridized carbons (Fsp3) is 0.500. The first-order chi connectivity index (χ1) is 9.51.